The van der Waals surface area contributed by atoms with Crippen LogP contribution in [0.4, 0.5) is 0 Å². The third-order valence-electron chi connectivity index (χ3n) is 5.99. The number of aromatic nitrogens is 3. The highest BCUT2D eigenvalue weighted by atomic mass is 15.1. The standard InChI is InChI=1S/C24H15N3/c1-14-13-26-23-22-17(10-11-25-23)16-7-3-2-6-15(16)12-20(22)27-19-9-5-4-8-18(19)21(14)24(26)27/h2-13H,1H3. The third-order valence-corrected chi connectivity index (χ3v) is 5.99. The number of para-hydroxylation sites is 1. The van der Waals surface area contributed by atoms with Crippen molar-refractivity contribution in [1.82, 2.24) is 13.8 Å². The van der Waals surface area contributed by atoms with Crippen molar-refractivity contribution in [3.63, 3.8) is 0 Å². The van der Waals surface area contributed by atoms with E-state index in [1.165, 1.54) is 54.6 Å². The molecule has 0 aliphatic rings. The van der Waals surface area contributed by atoms with E-state index in [2.05, 4.69) is 82.6 Å². The number of hydrogen-bond acceptors (Lipinski definition) is 1. The summed E-state index contributed by atoms with van der Waals surface area (Å²) in [4.78, 5) is 4.80. The minimum atomic E-state index is 1.03. The van der Waals surface area contributed by atoms with Crippen LogP contribution in [0.15, 0.2) is 73.1 Å². The maximum Gasteiger partial charge on any atom is 0.148 e. The summed E-state index contributed by atoms with van der Waals surface area (Å²) in [6.45, 7) is 2.20. The molecule has 27 heavy (non-hydrogen) atoms. The lowest BCUT2D eigenvalue weighted by molar-refractivity contribution is 1.13. The van der Waals surface area contributed by atoms with Crippen LogP contribution in [-0.4, -0.2) is 13.8 Å². The fourth-order valence-electron chi connectivity index (χ4n) is 4.94. The molecule has 126 valence electrons. The second-order valence-electron chi connectivity index (χ2n) is 7.41. The molecular weight excluding hydrogens is 330 g/mol. The molecule has 0 bridgehead atoms. The second-order valence-corrected chi connectivity index (χ2v) is 7.41. The number of nitrogens with zero attached hydrogens (tertiary/aromatic N) is 3. The molecule has 4 heterocycles. The van der Waals surface area contributed by atoms with E-state index in [9.17, 15) is 0 Å². The van der Waals surface area contributed by atoms with E-state index in [0.717, 1.165) is 5.65 Å². The predicted molar refractivity (Wildman–Crippen MR) is 112 cm³/mol. The minimum absolute atomic E-state index is 1.03. The molecule has 0 radical (unpaired) electrons. The zero-order valence-corrected chi connectivity index (χ0v) is 14.8. The molecule has 3 heteroatoms. The van der Waals surface area contributed by atoms with Gasteiger partial charge < -0.3 is 0 Å². The third kappa shape index (κ3) is 1.44. The minimum Gasteiger partial charge on any atom is -0.294 e. The van der Waals surface area contributed by atoms with Crippen molar-refractivity contribution in [2.75, 3.05) is 0 Å². The average Bonchev–Trinajstić information content (AvgIpc) is 3.23. The van der Waals surface area contributed by atoms with Gasteiger partial charge in [-0.05, 0) is 46.8 Å². The maximum atomic E-state index is 4.80. The number of rotatable bonds is 0. The molecule has 0 saturated heterocycles. The van der Waals surface area contributed by atoms with Crippen LogP contribution in [0.1, 0.15) is 5.56 Å². The average molecular weight is 345 g/mol. The normalized spacial score (nSPS) is 12.6. The van der Waals surface area contributed by atoms with E-state index in [1.807, 2.05) is 6.20 Å². The van der Waals surface area contributed by atoms with Gasteiger partial charge in [-0.25, -0.2) is 4.98 Å². The van der Waals surface area contributed by atoms with Crippen molar-refractivity contribution < 1.29 is 0 Å². The topological polar surface area (TPSA) is 21.7 Å². The van der Waals surface area contributed by atoms with Crippen molar-refractivity contribution in [3.8, 4) is 0 Å². The second kappa shape index (κ2) is 4.38. The number of hydrogen-bond donors (Lipinski definition) is 0. The predicted octanol–water partition coefficient (Wildman–Crippen LogP) is 5.95. The summed E-state index contributed by atoms with van der Waals surface area (Å²) in [7, 11) is 0. The Bertz CT molecular complexity index is 1680. The van der Waals surface area contributed by atoms with Crippen LogP contribution in [0.5, 0.6) is 0 Å². The first-order valence-corrected chi connectivity index (χ1v) is 9.25. The lowest BCUT2D eigenvalue weighted by Gasteiger charge is -2.13. The highest BCUT2D eigenvalue weighted by molar-refractivity contribution is 6.22. The Balaban J connectivity index is 1.98. The van der Waals surface area contributed by atoms with Crippen molar-refractivity contribution in [2.24, 2.45) is 0 Å². The van der Waals surface area contributed by atoms with Crippen LogP contribution >= 0.6 is 0 Å². The van der Waals surface area contributed by atoms with Crippen molar-refractivity contribution in [2.45, 2.75) is 6.92 Å². The van der Waals surface area contributed by atoms with Gasteiger partial charge >= 0.3 is 0 Å². The lowest BCUT2D eigenvalue weighted by atomic mass is 10.0. The van der Waals surface area contributed by atoms with Crippen molar-refractivity contribution in [3.05, 3.63) is 78.6 Å². The zero-order chi connectivity index (χ0) is 17.7. The van der Waals surface area contributed by atoms with Crippen LogP contribution in [0.2, 0.25) is 0 Å². The lowest BCUT2D eigenvalue weighted by Crippen LogP contribution is -1.99. The van der Waals surface area contributed by atoms with E-state index >= 15 is 0 Å². The summed E-state index contributed by atoms with van der Waals surface area (Å²) < 4.78 is 4.69. The van der Waals surface area contributed by atoms with Gasteiger partial charge in [0.05, 0.1) is 11.0 Å². The van der Waals surface area contributed by atoms with Gasteiger partial charge in [0.2, 0.25) is 0 Å². The monoisotopic (exact) mass is 345 g/mol. The Kier molecular flexibility index (Phi) is 2.21. The first-order chi connectivity index (χ1) is 13.3. The van der Waals surface area contributed by atoms with Crippen molar-refractivity contribution in [1.29, 1.82) is 0 Å². The first kappa shape index (κ1) is 13.6. The molecule has 0 aliphatic heterocycles. The molecule has 4 aromatic heterocycles. The van der Waals surface area contributed by atoms with Crippen LogP contribution in [0.3, 0.4) is 0 Å². The van der Waals surface area contributed by atoms with E-state index in [0.29, 0.717) is 0 Å². The van der Waals surface area contributed by atoms with Crippen LogP contribution in [0, 0.1) is 6.92 Å². The molecule has 7 aromatic rings. The largest absolute Gasteiger partial charge is 0.294 e. The molecule has 0 spiro atoms. The molecule has 3 nitrogen and oxygen atoms in total. The summed E-state index contributed by atoms with van der Waals surface area (Å²) in [6.07, 6.45) is 4.17. The van der Waals surface area contributed by atoms with Crippen molar-refractivity contribution >= 4 is 54.6 Å². The summed E-state index contributed by atoms with van der Waals surface area (Å²) in [5.41, 5.74) is 6.02. The molecular formula is C24H15N3. The van der Waals surface area contributed by atoms with Gasteiger partial charge in [-0.3, -0.25) is 8.80 Å². The quantitative estimate of drug-likeness (QED) is 0.246. The van der Waals surface area contributed by atoms with Gasteiger partial charge in [-0.2, -0.15) is 0 Å². The molecule has 0 unspecified atom stereocenters. The fourth-order valence-corrected chi connectivity index (χ4v) is 4.94. The fraction of sp³-hybridized carbons (Fsp3) is 0.0417. The summed E-state index contributed by atoms with van der Waals surface area (Å²) >= 11 is 0. The van der Waals surface area contributed by atoms with Gasteiger partial charge in [0, 0.05) is 28.6 Å². The number of benzene rings is 3. The van der Waals surface area contributed by atoms with Crippen LogP contribution in [-0.2, 0) is 0 Å². The molecule has 0 atom stereocenters. The Morgan fingerprint density at radius 2 is 1.59 bits per heavy atom. The smallest absolute Gasteiger partial charge is 0.148 e. The molecule has 0 N–H and O–H groups in total. The molecule has 0 fully saturated rings. The zero-order valence-electron chi connectivity index (χ0n) is 14.8. The summed E-state index contributed by atoms with van der Waals surface area (Å²) in [5.74, 6) is 0. The summed E-state index contributed by atoms with van der Waals surface area (Å²) in [6, 6.07) is 21.8. The van der Waals surface area contributed by atoms with Gasteiger partial charge in [-0.15, -0.1) is 0 Å². The Hall–Kier alpha value is -3.59. The number of aryl methyl sites for hydroxylation is 1. The van der Waals surface area contributed by atoms with E-state index in [4.69, 9.17) is 4.98 Å². The van der Waals surface area contributed by atoms with Gasteiger partial charge in [0.1, 0.15) is 11.3 Å². The van der Waals surface area contributed by atoms with Crippen LogP contribution in [0.25, 0.3) is 54.6 Å². The van der Waals surface area contributed by atoms with Gasteiger partial charge in [0.15, 0.2) is 0 Å². The molecule has 0 amide bonds. The Labute approximate surface area is 154 Å². The maximum absolute atomic E-state index is 4.80. The van der Waals surface area contributed by atoms with E-state index < -0.39 is 0 Å². The highest BCUT2D eigenvalue weighted by Crippen LogP contribution is 2.39. The van der Waals surface area contributed by atoms with Gasteiger partial charge in [0.25, 0.3) is 0 Å². The molecule has 0 aliphatic carbocycles. The highest BCUT2D eigenvalue weighted by Gasteiger charge is 2.21. The van der Waals surface area contributed by atoms with Crippen LogP contribution < -0.4 is 0 Å². The summed E-state index contributed by atoms with van der Waals surface area (Å²) in [5, 5.41) is 7.65. The molecule has 7 rings (SSSR count). The van der Waals surface area contributed by atoms with E-state index in [1.54, 1.807) is 0 Å². The van der Waals surface area contributed by atoms with E-state index in [-0.39, 0.29) is 0 Å². The molecule has 3 aromatic carbocycles. The SMILES string of the molecule is Cc1cn2c3nccc4c5ccccc5cc(c43)n3c4ccccc4c1c23. The Morgan fingerprint density at radius 3 is 2.52 bits per heavy atom. The first-order valence-electron chi connectivity index (χ1n) is 9.25. The van der Waals surface area contributed by atoms with Gasteiger partial charge in [-0.1, -0.05) is 42.5 Å². The Morgan fingerprint density at radius 1 is 0.778 bits per heavy atom. The molecule has 0 saturated carbocycles. The number of fused-ring (bicyclic) bond motifs is 7. The number of pyridine rings is 1.